The van der Waals surface area contributed by atoms with E-state index in [4.69, 9.17) is 4.74 Å². The number of benzene rings is 1. The molecule has 2 heteroatoms. The van der Waals surface area contributed by atoms with E-state index in [1.807, 2.05) is 6.07 Å². The van der Waals surface area contributed by atoms with Crippen LogP contribution >= 0.6 is 0 Å². The minimum Gasteiger partial charge on any atom is -0.496 e. The SMILES string of the molecule is COc1c(C(O)C2CCCC2)ccc(C)c1C. The second kappa shape index (κ2) is 5.09. The van der Waals surface area contributed by atoms with Crippen LogP contribution in [0.15, 0.2) is 12.1 Å². The first-order valence-electron chi connectivity index (χ1n) is 6.47. The van der Waals surface area contributed by atoms with Gasteiger partial charge in [0.05, 0.1) is 13.2 Å². The zero-order valence-electron chi connectivity index (χ0n) is 11.0. The molecule has 1 aliphatic rings. The lowest BCUT2D eigenvalue weighted by Crippen LogP contribution is -2.11. The van der Waals surface area contributed by atoms with Crippen molar-refractivity contribution in [3.8, 4) is 5.75 Å². The summed E-state index contributed by atoms with van der Waals surface area (Å²) >= 11 is 0. The monoisotopic (exact) mass is 234 g/mol. The Morgan fingerprint density at radius 1 is 1.24 bits per heavy atom. The highest BCUT2D eigenvalue weighted by atomic mass is 16.5. The van der Waals surface area contributed by atoms with Crippen molar-refractivity contribution in [1.29, 1.82) is 0 Å². The number of aliphatic hydroxyl groups excluding tert-OH is 1. The minimum absolute atomic E-state index is 0.369. The normalized spacial score (nSPS) is 18.4. The highest BCUT2D eigenvalue weighted by molar-refractivity contribution is 5.46. The summed E-state index contributed by atoms with van der Waals surface area (Å²) in [6.07, 6.45) is 4.39. The maximum absolute atomic E-state index is 10.5. The zero-order valence-corrected chi connectivity index (χ0v) is 11.0. The first-order chi connectivity index (χ1) is 8.15. The molecule has 1 aliphatic carbocycles. The lowest BCUT2D eigenvalue weighted by molar-refractivity contribution is 0.108. The highest BCUT2D eigenvalue weighted by Crippen LogP contribution is 2.40. The summed E-state index contributed by atoms with van der Waals surface area (Å²) in [5.74, 6) is 1.27. The fraction of sp³-hybridized carbons (Fsp3) is 0.600. The molecule has 0 saturated heterocycles. The molecule has 94 valence electrons. The lowest BCUT2D eigenvalue weighted by Gasteiger charge is -2.22. The molecule has 17 heavy (non-hydrogen) atoms. The molecule has 0 aliphatic heterocycles. The summed E-state index contributed by atoms with van der Waals surface area (Å²) in [4.78, 5) is 0. The Labute approximate surface area is 104 Å². The maximum atomic E-state index is 10.5. The van der Waals surface area contributed by atoms with Crippen molar-refractivity contribution in [3.05, 3.63) is 28.8 Å². The molecule has 1 aromatic rings. The van der Waals surface area contributed by atoms with Crippen LogP contribution in [0, 0.1) is 19.8 Å². The predicted octanol–water partition coefficient (Wildman–Crippen LogP) is 3.54. The largest absolute Gasteiger partial charge is 0.496 e. The van der Waals surface area contributed by atoms with Crippen molar-refractivity contribution in [3.63, 3.8) is 0 Å². The third-order valence-corrected chi connectivity index (χ3v) is 4.08. The smallest absolute Gasteiger partial charge is 0.127 e. The fourth-order valence-corrected chi connectivity index (χ4v) is 2.84. The number of hydrogen-bond acceptors (Lipinski definition) is 2. The Kier molecular flexibility index (Phi) is 3.72. The molecule has 0 bridgehead atoms. The molecule has 0 radical (unpaired) electrons. The first kappa shape index (κ1) is 12.4. The van der Waals surface area contributed by atoms with Crippen LogP contribution in [0.5, 0.6) is 5.75 Å². The molecule has 2 rings (SSSR count). The predicted molar refractivity (Wildman–Crippen MR) is 69.4 cm³/mol. The van der Waals surface area contributed by atoms with E-state index in [9.17, 15) is 5.11 Å². The summed E-state index contributed by atoms with van der Waals surface area (Å²) in [7, 11) is 1.69. The van der Waals surface area contributed by atoms with Gasteiger partial charge in [-0.15, -0.1) is 0 Å². The quantitative estimate of drug-likeness (QED) is 0.867. The molecule has 1 N–H and O–H groups in total. The van der Waals surface area contributed by atoms with Gasteiger partial charge in [0.1, 0.15) is 5.75 Å². The van der Waals surface area contributed by atoms with Gasteiger partial charge in [0, 0.05) is 5.56 Å². The summed E-state index contributed by atoms with van der Waals surface area (Å²) < 4.78 is 5.48. The van der Waals surface area contributed by atoms with E-state index in [2.05, 4.69) is 19.9 Å². The molecular weight excluding hydrogens is 212 g/mol. The number of methoxy groups -OCH3 is 1. The van der Waals surface area contributed by atoms with Crippen molar-refractivity contribution in [1.82, 2.24) is 0 Å². The third-order valence-electron chi connectivity index (χ3n) is 4.08. The fourth-order valence-electron chi connectivity index (χ4n) is 2.84. The second-order valence-corrected chi connectivity index (χ2v) is 5.12. The van der Waals surface area contributed by atoms with E-state index in [0.717, 1.165) is 29.7 Å². The lowest BCUT2D eigenvalue weighted by atomic mass is 9.91. The Balaban J connectivity index is 2.33. The van der Waals surface area contributed by atoms with Gasteiger partial charge in [-0.1, -0.05) is 25.0 Å². The molecule has 1 unspecified atom stereocenters. The number of aryl methyl sites for hydroxylation is 1. The van der Waals surface area contributed by atoms with Crippen molar-refractivity contribution in [2.45, 2.75) is 45.6 Å². The molecular formula is C15H22O2. The zero-order chi connectivity index (χ0) is 12.4. The molecule has 1 atom stereocenters. The van der Waals surface area contributed by atoms with Crippen molar-refractivity contribution in [2.75, 3.05) is 7.11 Å². The topological polar surface area (TPSA) is 29.5 Å². The van der Waals surface area contributed by atoms with Crippen LogP contribution in [-0.2, 0) is 0 Å². The average Bonchev–Trinajstić information content (AvgIpc) is 2.85. The van der Waals surface area contributed by atoms with Gasteiger partial charge >= 0.3 is 0 Å². The van der Waals surface area contributed by atoms with E-state index < -0.39 is 0 Å². The van der Waals surface area contributed by atoms with Crippen LogP contribution in [0.3, 0.4) is 0 Å². The van der Waals surface area contributed by atoms with Gasteiger partial charge in [0.25, 0.3) is 0 Å². The molecule has 0 amide bonds. The van der Waals surface area contributed by atoms with E-state index in [1.54, 1.807) is 7.11 Å². The van der Waals surface area contributed by atoms with Crippen LogP contribution in [0.2, 0.25) is 0 Å². The molecule has 0 aromatic heterocycles. The van der Waals surface area contributed by atoms with Crippen molar-refractivity contribution in [2.24, 2.45) is 5.92 Å². The summed E-state index contributed by atoms with van der Waals surface area (Å²) in [5, 5.41) is 10.5. The molecule has 1 fully saturated rings. The molecule has 1 aromatic carbocycles. The number of aliphatic hydroxyl groups is 1. The van der Waals surface area contributed by atoms with Crippen molar-refractivity contribution >= 4 is 0 Å². The van der Waals surface area contributed by atoms with Crippen LogP contribution < -0.4 is 4.74 Å². The van der Waals surface area contributed by atoms with Crippen LogP contribution in [0.4, 0.5) is 0 Å². The minimum atomic E-state index is -0.369. The molecule has 0 heterocycles. The van der Waals surface area contributed by atoms with Crippen LogP contribution in [0.25, 0.3) is 0 Å². The standard InChI is InChI=1S/C15H22O2/c1-10-8-9-13(15(17-3)11(10)2)14(16)12-6-4-5-7-12/h8-9,12,14,16H,4-7H2,1-3H3. The Morgan fingerprint density at radius 2 is 1.88 bits per heavy atom. The molecule has 0 spiro atoms. The Bertz CT molecular complexity index is 392. The van der Waals surface area contributed by atoms with Gasteiger partial charge < -0.3 is 9.84 Å². The molecule has 2 nitrogen and oxygen atoms in total. The average molecular weight is 234 g/mol. The summed E-state index contributed by atoms with van der Waals surface area (Å²) in [6.45, 7) is 4.13. The summed E-state index contributed by atoms with van der Waals surface area (Å²) in [5.41, 5.74) is 3.31. The van der Waals surface area contributed by atoms with Gasteiger partial charge in [0.2, 0.25) is 0 Å². The first-order valence-corrected chi connectivity index (χ1v) is 6.47. The third kappa shape index (κ3) is 2.32. The van der Waals surface area contributed by atoms with Gasteiger partial charge in [-0.25, -0.2) is 0 Å². The van der Waals surface area contributed by atoms with E-state index in [1.165, 1.54) is 18.4 Å². The molecule has 1 saturated carbocycles. The van der Waals surface area contributed by atoms with Gasteiger partial charge in [-0.3, -0.25) is 0 Å². The Morgan fingerprint density at radius 3 is 2.47 bits per heavy atom. The van der Waals surface area contributed by atoms with Crippen LogP contribution in [0.1, 0.15) is 48.5 Å². The van der Waals surface area contributed by atoms with Crippen LogP contribution in [-0.4, -0.2) is 12.2 Å². The number of ether oxygens (including phenoxy) is 1. The van der Waals surface area contributed by atoms with Gasteiger partial charge in [0.15, 0.2) is 0 Å². The Hall–Kier alpha value is -1.02. The maximum Gasteiger partial charge on any atom is 0.127 e. The summed E-state index contributed by atoms with van der Waals surface area (Å²) in [6, 6.07) is 4.09. The van der Waals surface area contributed by atoms with Gasteiger partial charge in [-0.2, -0.15) is 0 Å². The van der Waals surface area contributed by atoms with E-state index in [-0.39, 0.29) is 6.10 Å². The second-order valence-electron chi connectivity index (χ2n) is 5.12. The number of hydrogen-bond donors (Lipinski definition) is 1. The van der Waals surface area contributed by atoms with Gasteiger partial charge in [-0.05, 0) is 43.7 Å². The number of rotatable bonds is 3. The van der Waals surface area contributed by atoms with E-state index in [0.29, 0.717) is 5.92 Å². The van der Waals surface area contributed by atoms with E-state index >= 15 is 0 Å². The van der Waals surface area contributed by atoms with Crippen molar-refractivity contribution < 1.29 is 9.84 Å². The highest BCUT2D eigenvalue weighted by Gasteiger charge is 2.27.